The Kier molecular flexibility index (Phi) is 4.85. The maximum Gasteiger partial charge on any atom is 0.330 e. The van der Waals surface area contributed by atoms with Gasteiger partial charge in [0.05, 0.1) is 0 Å². The van der Waals surface area contributed by atoms with Crippen LogP contribution >= 0.6 is 0 Å². The molecule has 0 spiro atoms. The van der Waals surface area contributed by atoms with Crippen molar-refractivity contribution in [2.75, 3.05) is 0 Å². The molecule has 2 saturated carbocycles. The molecular formula is C16H24O2. The van der Waals surface area contributed by atoms with Gasteiger partial charge in [-0.2, -0.15) is 0 Å². The van der Waals surface area contributed by atoms with Gasteiger partial charge in [-0.25, -0.2) is 4.79 Å². The van der Waals surface area contributed by atoms with E-state index in [4.69, 9.17) is 11.7 Å². The third kappa shape index (κ3) is 3.60. The highest BCUT2D eigenvalue weighted by Crippen LogP contribution is 2.40. The summed E-state index contributed by atoms with van der Waals surface area (Å²) in [5, 5.41) is 0. The molecule has 0 aromatic heterocycles. The summed E-state index contributed by atoms with van der Waals surface area (Å²) in [4.78, 5) is 11.1. The van der Waals surface area contributed by atoms with Gasteiger partial charge in [-0.05, 0) is 76.0 Å². The van der Waals surface area contributed by atoms with Gasteiger partial charge in [0.2, 0.25) is 0 Å². The van der Waals surface area contributed by atoms with E-state index in [9.17, 15) is 4.79 Å². The smallest absolute Gasteiger partial charge is 0.330 e. The lowest BCUT2D eigenvalue weighted by molar-refractivity contribution is -0.145. The maximum atomic E-state index is 11.1. The van der Waals surface area contributed by atoms with Gasteiger partial charge in [0, 0.05) is 6.08 Å². The minimum absolute atomic E-state index is 0.123. The second-order valence-electron chi connectivity index (χ2n) is 5.85. The summed E-state index contributed by atoms with van der Waals surface area (Å²) in [5.41, 5.74) is 0. The summed E-state index contributed by atoms with van der Waals surface area (Å²) >= 11 is 0. The first kappa shape index (κ1) is 13.6. The molecule has 2 aliphatic carbocycles. The number of carbonyl (C=O) groups excluding carboxylic acids is 1. The monoisotopic (exact) mass is 248 g/mol. The number of ether oxygens (including phenoxy) is 1. The summed E-state index contributed by atoms with van der Waals surface area (Å²) in [5.74, 6) is 1.85. The first-order valence-electron chi connectivity index (χ1n) is 7.27. The van der Waals surface area contributed by atoms with Crippen molar-refractivity contribution in [2.45, 2.75) is 57.5 Å². The van der Waals surface area contributed by atoms with Crippen molar-refractivity contribution in [3.8, 4) is 0 Å². The average Bonchev–Trinajstić information content (AvgIpc) is 2.40. The van der Waals surface area contributed by atoms with E-state index in [0.29, 0.717) is 5.92 Å². The van der Waals surface area contributed by atoms with E-state index in [1.807, 2.05) is 0 Å². The summed E-state index contributed by atoms with van der Waals surface area (Å²) in [6.07, 6.45) is 10.8. The zero-order valence-electron chi connectivity index (χ0n) is 11.1. The molecule has 2 rings (SSSR count). The molecule has 2 radical (unpaired) electrons. The first-order valence-corrected chi connectivity index (χ1v) is 7.27. The lowest BCUT2D eigenvalue weighted by atomic mass is 9.71. The number of rotatable bonds is 3. The zero-order chi connectivity index (χ0) is 13.0. The highest BCUT2D eigenvalue weighted by atomic mass is 16.5. The molecule has 0 saturated heterocycles. The molecular weight excluding hydrogens is 224 g/mol. The Balaban J connectivity index is 1.73. The number of esters is 1. The van der Waals surface area contributed by atoms with E-state index < -0.39 is 0 Å². The van der Waals surface area contributed by atoms with Crippen LogP contribution in [0, 0.1) is 24.7 Å². The molecule has 2 fully saturated rings. The zero-order valence-corrected chi connectivity index (χ0v) is 11.1. The van der Waals surface area contributed by atoms with Gasteiger partial charge in [-0.15, -0.1) is 0 Å². The molecule has 2 aliphatic rings. The van der Waals surface area contributed by atoms with Crippen LogP contribution in [0.25, 0.3) is 0 Å². The fourth-order valence-electron chi connectivity index (χ4n) is 3.51. The summed E-state index contributed by atoms with van der Waals surface area (Å²) in [6.45, 7) is 9.39. The van der Waals surface area contributed by atoms with Gasteiger partial charge in [0.1, 0.15) is 6.10 Å². The molecule has 0 heterocycles. The SMILES string of the molecule is [CH]C1CCC(C2CCC(OC(=O)C=C)CC2)CC1. The number of carbonyl (C=O) groups is 1. The second-order valence-corrected chi connectivity index (χ2v) is 5.85. The van der Waals surface area contributed by atoms with Gasteiger partial charge < -0.3 is 4.74 Å². The standard InChI is InChI=1S/C16H24O2/c1-3-16(17)18-15-10-8-14(9-11-15)13-6-4-12(2)5-7-13/h2-3,12-15H,1,4-11H2. The van der Waals surface area contributed by atoms with Crippen LogP contribution in [0.5, 0.6) is 0 Å². The van der Waals surface area contributed by atoms with Crippen LogP contribution in [0.1, 0.15) is 51.4 Å². The van der Waals surface area contributed by atoms with Crippen molar-refractivity contribution in [3.63, 3.8) is 0 Å². The third-order valence-electron chi connectivity index (χ3n) is 4.65. The van der Waals surface area contributed by atoms with Crippen LogP contribution in [-0.4, -0.2) is 12.1 Å². The van der Waals surface area contributed by atoms with Crippen LogP contribution < -0.4 is 0 Å². The minimum atomic E-state index is -0.276. The summed E-state index contributed by atoms with van der Waals surface area (Å²) < 4.78 is 5.32. The predicted molar refractivity (Wildman–Crippen MR) is 71.8 cm³/mol. The average molecular weight is 248 g/mol. The van der Waals surface area contributed by atoms with Gasteiger partial charge >= 0.3 is 5.97 Å². The van der Waals surface area contributed by atoms with Crippen molar-refractivity contribution in [3.05, 3.63) is 19.6 Å². The normalized spacial score (nSPS) is 36.9. The van der Waals surface area contributed by atoms with E-state index in [1.165, 1.54) is 44.6 Å². The highest BCUT2D eigenvalue weighted by Gasteiger charge is 2.30. The van der Waals surface area contributed by atoms with Crippen molar-refractivity contribution < 1.29 is 9.53 Å². The lowest BCUT2D eigenvalue weighted by Gasteiger charge is -2.36. The molecule has 0 bridgehead atoms. The Hall–Kier alpha value is -0.790. The van der Waals surface area contributed by atoms with Crippen molar-refractivity contribution >= 4 is 5.97 Å². The Morgan fingerprint density at radius 1 is 1.00 bits per heavy atom. The first-order chi connectivity index (χ1) is 8.69. The predicted octanol–water partition coefficient (Wildman–Crippen LogP) is 3.79. The Labute approximate surface area is 111 Å². The maximum absolute atomic E-state index is 11.1. The molecule has 0 aromatic rings. The Morgan fingerprint density at radius 2 is 1.50 bits per heavy atom. The molecule has 0 aromatic carbocycles. The fourth-order valence-corrected chi connectivity index (χ4v) is 3.51. The molecule has 0 unspecified atom stereocenters. The Morgan fingerprint density at radius 3 is 2.00 bits per heavy atom. The molecule has 0 N–H and O–H groups in total. The van der Waals surface area contributed by atoms with Gasteiger partial charge in [-0.3, -0.25) is 0 Å². The largest absolute Gasteiger partial charge is 0.459 e. The van der Waals surface area contributed by atoms with E-state index in [0.717, 1.165) is 24.7 Å². The van der Waals surface area contributed by atoms with Crippen molar-refractivity contribution in [1.82, 2.24) is 0 Å². The molecule has 0 aliphatic heterocycles. The van der Waals surface area contributed by atoms with Gasteiger partial charge in [0.25, 0.3) is 0 Å². The van der Waals surface area contributed by atoms with E-state index in [2.05, 4.69) is 6.58 Å². The number of hydrogen-bond acceptors (Lipinski definition) is 2. The van der Waals surface area contributed by atoms with Crippen LogP contribution in [-0.2, 0) is 9.53 Å². The van der Waals surface area contributed by atoms with E-state index in [-0.39, 0.29) is 12.1 Å². The second kappa shape index (κ2) is 6.40. The van der Waals surface area contributed by atoms with Gasteiger partial charge in [0.15, 0.2) is 0 Å². The van der Waals surface area contributed by atoms with E-state index >= 15 is 0 Å². The topological polar surface area (TPSA) is 26.3 Å². The number of hydrogen-bond donors (Lipinski definition) is 0. The molecule has 100 valence electrons. The third-order valence-corrected chi connectivity index (χ3v) is 4.65. The molecule has 2 nitrogen and oxygen atoms in total. The molecule has 0 atom stereocenters. The van der Waals surface area contributed by atoms with Crippen molar-refractivity contribution in [2.24, 2.45) is 17.8 Å². The quantitative estimate of drug-likeness (QED) is 0.561. The lowest BCUT2D eigenvalue weighted by Crippen LogP contribution is -2.29. The summed E-state index contributed by atoms with van der Waals surface area (Å²) in [6, 6.07) is 0. The molecule has 18 heavy (non-hydrogen) atoms. The molecule has 0 amide bonds. The minimum Gasteiger partial charge on any atom is -0.459 e. The highest BCUT2D eigenvalue weighted by molar-refractivity contribution is 5.81. The van der Waals surface area contributed by atoms with Crippen LogP contribution in [0.15, 0.2) is 12.7 Å². The summed E-state index contributed by atoms with van der Waals surface area (Å²) in [7, 11) is 0. The van der Waals surface area contributed by atoms with Gasteiger partial charge in [-0.1, -0.05) is 6.58 Å². The van der Waals surface area contributed by atoms with E-state index in [1.54, 1.807) is 0 Å². The van der Waals surface area contributed by atoms with Crippen LogP contribution in [0.2, 0.25) is 0 Å². The molecule has 2 heteroatoms. The van der Waals surface area contributed by atoms with Crippen LogP contribution in [0.3, 0.4) is 0 Å². The van der Waals surface area contributed by atoms with Crippen molar-refractivity contribution in [1.29, 1.82) is 0 Å². The fraction of sp³-hybridized carbons (Fsp3) is 0.750. The van der Waals surface area contributed by atoms with Crippen LogP contribution in [0.4, 0.5) is 0 Å². The Bertz CT molecular complexity index is 281.